The highest BCUT2D eigenvalue weighted by atomic mass is 32.2. The topological polar surface area (TPSA) is 40.5 Å². The molecule has 1 heterocycles. The van der Waals surface area contributed by atoms with Crippen molar-refractivity contribution >= 4 is 23.4 Å². The lowest BCUT2D eigenvalue weighted by atomic mass is 9.93. The first-order valence-corrected chi connectivity index (χ1v) is 7.32. The van der Waals surface area contributed by atoms with Gasteiger partial charge < -0.3 is 10.0 Å². The molecule has 0 saturated carbocycles. The summed E-state index contributed by atoms with van der Waals surface area (Å²) >= 11 is 1.49. The fraction of sp³-hybridized carbons (Fsp3) is 0.500. The third-order valence-corrected chi connectivity index (χ3v) is 4.24. The average Bonchev–Trinajstić information content (AvgIpc) is 2.68. The Morgan fingerprint density at radius 2 is 2.17 bits per heavy atom. The lowest BCUT2D eigenvalue weighted by molar-refractivity contribution is 0.0694. The minimum atomic E-state index is -0.834. The Labute approximate surface area is 112 Å². The first-order valence-electron chi connectivity index (χ1n) is 6.10. The standard InChI is InChI=1S/C14H19NO2S/c1-14(2)7-8-15(9-14)10-5-4-6-11(18-3)12(10)13(16)17/h4-6H,7-9H2,1-3H3,(H,16,17). The van der Waals surface area contributed by atoms with Gasteiger partial charge in [-0.3, -0.25) is 0 Å². The number of carboxylic acid groups (broad SMARTS) is 1. The summed E-state index contributed by atoms with van der Waals surface area (Å²) in [5.41, 5.74) is 1.58. The fourth-order valence-electron chi connectivity index (χ4n) is 2.49. The predicted octanol–water partition coefficient (Wildman–Crippen LogP) is 3.34. The molecule has 1 fully saturated rings. The maximum atomic E-state index is 11.5. The van der Waals surface area contributed by atoms with Crippen molar-refractivity contribution in [3.8, 4) is 0 Å². The molecule has 1 aromatic carbocycles. The number of anilines is 1. The van der Waals surface area contributed by atoms with Gasteiger partial charge in [-0.25, -0.2) is 4.79 Å². The van der Waals surface area contributed by atoms with Crippen molar-refractivity contribution in [1.29, 1.82) is 0 Å². The summed E-state index contributed by atoms with van der Waals surface area (Å²) in [6.07, 6.45) is 3.02. The van der Waals surface area contributed by atoms with Gasteiger partial charge in [-0.2, -0.15) is 0 Å². The summed E-state index contributed by atoms with van der Waals surface area (Å²) in [4.78, 5) is 14.5. The lowest BCUT2D eigenvalue weighted by Crippen LogP contribution is -2.24. The second-order valence-corrected chi connectivity index (χ2v) is 6.34. The van der Waals surface area contributed by atoms with Gasteiger partial charge in [0.2, 0.25) is 0 Å². The Morgan fingerprint density at radius 3 is 2.67 bits per heavy atom. The summed E-state index contributed by atoms with van der Waals surface area (Å²) in [5, 5.41) is 9.43. The third kappa shape index (κ3) is 2.48. The summed E-state index contributed by atoms with van der Waals surface area (Å²) in [6.45, 7) is 6.31. The van der Waals surface area contributed by atoms with E-state index in [4.69, 9.17) is 0 Å². The molecule has 0 spiro atoms. The van der Waals surface area contributed by atoms with Gasteiger partial charge >= 0.3 is 5.97 Å². The summed E-state index contributed by atoms with van der Waals surface area (Å²) < 4.78 is 0. The van der Waals surface area contributed by atoms with Crippen LogP contribution in [0.25, 0.3) is 0 Å². The zero-order valence-corrected chi connectivity index (χ0v) is 11.9. The van der Waals surface area contributed by atoms with Gasteiger partial charge in [0.05, 0.1) is 11.3 Å². The van der Waals surface area contributed by atoms with E-state index in [1.807, 2.05) is 24.5 Å². The van der Waals surface area contributed by atoms with Gasteiger partial charge in [-0.15, -0.1) is 11.8 Å². The van der Waals surface area contributed by atoms with E-state index < -0.39 is 5.97 Å². The van der Waals surface area contributed by atoms with Gasteiger partial charge in [-0.05, 0) is 30.2 Å². The number of carbonyl (C=O) groups is 1. The second-order valence-electron chi connectivity index (χ2n) is 5.50. The molecule has 1 N–H and O–H groups in total. The molecule has 98 valence electrons. The number of hydrogen-bond acceptors (Lipinski definition) is 3. The normalized spacial score (nSPS) is 18.1. The highest BCUT2D eigenvalue weighted by molar-refractivity contribution is 7.98. The number of rotatable bonds is 3. The van der Waals surface area contributed by atoms with Gasteiger partial charge in [0.1, 0.15) is 0 Å². The quantitative estimate of drug-likeness (QED) is 0.851. The molecule has 2 rings (SSSR count). The molecule has 0 bridgehead atoms. The van der Waals surface area contributed by atoms with E-state index in [1.54, 1.807) is 0 Å². The molecular weight excluding hydrogens is 246 g/mol. The van der Waals surface area contributed by atoms with Gasteiger partial charge in [0.25, 0.3) is 0 Å². The molecule has 0 aliphatic carbocycles. The molecule has 0 amide bonds. The van der Waals surface area contributed by atoms with Gasteiger partial charge in [0.15, 0.2) is 0 Å². The first kappa shape index (κ1) is 13.3. The second kappa shape index (κ2) is 4.84. The number of carboxylic acids is 1. The number of thioether (sulfide) groups is 1. The smallest absolute Gasteiger partial charge is 0.338 e. The molecule has 1 aliphatic rings. The summed E-state index contributed by atoms with van der Waals surface area (Å²) in [6, 6.07) is 5.74. The fourth-order valence-corrected chi connectivity index (χ4v) is 3.10. The van der Waals surface area contributed by atoms with Gasteiger partial charge in [-0.1, -0.05) is 19.9 Å². The van der Waals surface area contributed by atoms with Crippen LogP contribution in [0.15, 0.2) is 23.1 Å². The van der Waals surface area contributed by atoms with Crippen LogP contribution in [0.5, 0.6) is 0 Å². The van der Waals surface area contributed by atoms with Crippen molar-refractivity contribution in [3.05, 3.63) is 23.8 Å². The molecule has 4 heteroatoms. The van der Waals surface area contributed by atoms with Crippen LogP contribution in [0.4, 0.5) is 5.69 Å². The highest BCUT2D eigenvalue weighted by Crippen LogP contribution is 2.36. The Morgan fingerprint density at radius 1 is 1.44 bits per heavy atom. The van der Waals surface area contributed by atoms with E-state index in [1.165, 1.54) is 11.8 Å². The number of nitrogens with zero attached hydrogens (tertiary/aromatic N) is 1. The molecule has 0 unspecified atom stereocenters. The summed E-state index contributed by atoms with van der Waals surface area (Å²) in [5.74, 6) is -0.834. The molecule has 0 atom stereocenters. The van der Waals surface area contributed by atoms with Crippen LogP contribution >= 0.6 is 11.8 Å². The molecule has 18 heavy (non-hydrogen) atoms. The molecule has 0 aromatic heterocycles. The highest BCUT2D eigenvalue weighted by Gasteiger charge is 2.31. The Hall–Kier alpha value is -1.16. The van der Waals surface area contributed by atoms with Crippen LogP contribution in [0.3, 0.4) is 0 Å². The van der Waals surface area contributed by atoms with E-state index in [0.29, 0.717) is 5.56 Å². The Bertz CT molecular complexity index is 471. The van der Waals surface area contributed by atoms with Crippen molar-refractivity contribution in [2.75, 3.05) is 24.2 Å². The zero-order chi connectivity index (χ0) is 13.3. The van der Waals surface area contributed by atoms with Crippen LogP contribution in [0.1, 0.15) is 30.6 Å². The Kier molecular flexibility index (Phi) is 3.57. The van der Waals surface area contributed by atoms with Gasteiger partial charge in [0, 0.05) is 18.0 Å². The third-order valence-electron chi connectivity index (χ3n) is 3.46. The van der Waals surface area contributed by atoms with Crippen LogP contribution in [-0.4, -0.2) is 30.4 Å². The van der Waals surface area contributed by atoms with Crippen molar-refractivity contribution in [2.45, 2.75) is 25.2 Å². The van der Waals surface area contributed by atoms with E-state index >= 15 is 0 Å². The summed E-state index contributed by atoms with van der Waals surface area (Å²) in [7, 11) is 0. The van der Waals surface area contributed by atoms with Crippen molar-refractivity contribution in [3.63, 3.8) is 0 Å². The van der Waals surface area contributed by atoms with E-state index in [-0.39, 0.29) is 5.41 Å². The van der Waals surface area contributed by atoms with Crippen molar-refractivity contribution in [1.82, 2.24) is 0 Å². The Balaban J connectivity index is 2.42. The molecule has 0 radical (unpaired) electrons. The molecular formula is C14H19NO2S. The predicted molar refractivity (Wildman–Crippen MR) is 75.8 cm³/mol. The van der Waals surface area contributed by atoms with E-state index in [2.05, 4.69) is 18.7 Å². The van der Waals surface area contributed by atoms with E-state index in [0.717, 1.165) is 30.1 Å². The largest absolute Gasteiger partial charge is 0.478 e. The maximum Gasteiger partial charge on any atom is 0.338 e. The van der Waals surface area contributed by atoms with E-state index in [9.17, 15) is 9.90 Å². The average molecular weight is 265 g/mol. The SMILES string of the molecule is CSc1cccc(N2CCC(C)(C)C2)c1C(=O)O. The first-order chi connectivity index (χ1) is 8.44. The van der Waals surface area contributed by atoms with Crippen molar-refractivity contribution < 1.29 is 9.90 Å². The van der Waals surface area contributed by atoms with Crippen LogP contribution in [0.2, 0.25) is 0 Å². The minimum absolute atomic E-state index is 0.269. The molecule has 1 saturated heterocycles. The number of hydrogen-bond donors (Lipinski definition) is 1. The number of benzene rings is 1. The molecule has 1 aromatic rings. The van der Waals surface area contributed by atoms with Crippen molar-refractivity contribution in [2.24, 2.45) is 5.41 Å². The zero-order valence-electron chi connectivity index (χ0n) is 11.1. The van der Waals surface area contributed by atoms with Crippen LogP contribution in [-0.2, 0) is 0 Å². The number of aromatic carboxylic acids is 1. The molecule has 1 aliphatic heterocycles. The van der Waals surface area contributed by atoms with Crippen LogP contribution in [0, 0.1) is 5.41 Å². The maximum absolute atomic E-state index is 11.5. The molecule has 3 nitrogen and oxygen atoms in total. The minimum Gasteiger partial charge on any atom is -0.478 e. The lowest BCUT2D eigenvalue weighted by Gasteiger charge is -2.24. The van der Waals surface area contributed by atoms with Crippen LogP contribution < -0.4 is 4.90 Å². The monoisotopic (exact) mass is 265 g/mol.